The fourth-order valence-corrected chi connectivity index (χ4v) is 3.49. The molecule has 2 amide bonds. The van der Waals surface area contributed by atoms with Gasteiger partial charge in [0.05, 0.1) is 19.0 Å². The van der Waals surface area contributed by atoms with E-state index in [9.17, 15) is 9.59 Å². The normalized spacial score (nSPS) is 13.6. The molecule has 0 radical (unpaired) electrons. The molecule has 31 heavy (non-hydrogen) atoms. The summed E-state index contributed by atoms with van der Waals surface area (Å²) < 4.78 is 5.15. The monoisotopic (exact) mass is 416 g/mol. The number of methoxy groups -OCH3 is 1. The van der Waals surface area contributed by atoms with Crippen molar-refractivity contribution in [3.63, 3.8) is 0 Å². The Morgan fingerprint density at radius 3 is 2.19 bits per heavy atom. The first-order valence-corrected chi connectivity index (χ1v) is 10.1. The van der Waals surface area contributed by atoms with Crippen molar-refractivity contribution in [2.24, 2.45) is 0 Å². The molecule has 0 unspecified atom stereocenters. The Morgan fingerprint density at radius 2 is 1.58 bits per heavy atom. The van der Waals surface area contributed by atoms with Gasteiger partial charge in [0.1, 0.15) is 11.6 Å². The van der Waals surface area contributed by atoms with Crippen LogP contribution < -0.4 is 15.0 Å². The lowest BCUT2D eigenvalue weighted by Gasteiger charge is -2.35. The van der Waals surface area contributed by atoms with Crippen molar-refractivity contribution in [3.05, 3.63) is 84.1 Å². The number of amides is 2. The number of carbonyl (C=O) groups excluding carboxylic acids is 2. The molecule has 0 bridgehead atoms. The minimum atomic E-state index is -0.166. The van der Waals surface area contributed by atoms with Gasteiger partial charge < -0.3 is 19.9 Å². The van der Waals surface area contributed by atoms with Crippen LogP contribution in [0.15, 0.2) is 72.9 Å². The number of ether oxygens (including phenoxy) is 1. The minimum Gasteiger partial charge on any atom is -0.497 e. The third-order valence-corrected chi connectivity index (χ3v) is 5.27. The molecule has 2 heterocycles. The Bertz CT molecular complexity index is 1030. The fourth-order valence-electron chi connectivity index (χ4n) is 3.49. The van der Waals surface area contributed by atoms with Crippen molar-refractivity contribution in [1.29, 1.82) is 0 Å². The number of anilines is 2. The number of hydrogen-bond donors (Lipinski definition) is 1. The number of aromatic nitrogens is 1. The molecule has 0 atom stereocenters. The molecule has 2 aromatic carbocycles. The maximum Gasteiger partial charge on any atom is 0.255 e. The zero-order valence-electron chi connectivity index (χ0n) is 17.3. The Labute approximate surface area is 181 Å². The molecule has 7 heteroatoms. The third-order valence-electron chi connectivity index (χ3n) is 5.27. The van der Waals surface area contributed by atoms with E-state index in [1.807, 2.05) is 35.2 Å². The molecule has 3 aromatic rings. The van der Waals surface area contributed by atoms with Crippen LogP contribution in [-0.4, -0.2) is 55.0 Å². The second-order valence-corrected chi connectivity index (χ2v) is 7.23. The molecule has 7 nitrogen and oxygen atoms in total. The second kappa shape index (κ2) is 9.30. The van der Waals surface area contributed by atoms with Crippen molar-refractivity contribution in [2.75, 3.05) is 43.5 Å². The van der Waals surface area contributed by atoms with Crippen LogP contribution in [0.4, 0.5) is 11.5 Å². The van der Waals surface area contributed by atoms with Crippen molar-refractivity contribution in [1.82, 2.24) is 9.88 Å². The lowest BCUT2D eigenvalue weighted by molar-refractivity contribution is 0.0746. The predicted molar refractivity (Wildman–Crippen MR) is 120 cm³/mol. The largest absolute Gasteiger partial charge is 0.497 e. The van der Waals surface area contributed by atoms with Gasteiger partial charge in [-0.2, -0.15) is 0 Å². The highest BCUT2D eigenvalue weighted by molar-refractivity contribution is 6.04. The number of hydrogen-bond acceptors (Lipinski definition) is 5. The molecule has 1 aliphatic rings. The summed E-state index contributed by atoms with van der Waals surface area (Å²) in [5, 5.41) is 2.85. The molecule has 1 aromatic heterocycles. The highest BCUT2D eigenvalue weighted by atomic mass is 16.5. The number of piperazine rings is 1. The van der Waals surface area contributed by atoms with Crippen LogP contribution >= 0.6 is 0 Å². The number of pyridine rings is 1. The van der Waals surface area contributed by atoms with Crippen molar-refractivity contribution >= 4 is 23.3 Å². The van der Waals surface area contributed by atoms with Crippen LogP contribution in [0.2, 0.25) is 0 Å². The lowest BCUT2D eigenvalue weighted by Crippen LogP contribution is -2.49. The summed E-state index contributed by atoms with van der Waals surface area (Å²) in [4.78, 5) is 33.5. The smallest absolute Gasteiger partial charge is 0.255 e. The average Bonchev–Trinajstić information content (AvgIpc) is 2.85. The van der Waals surface area contributed by atoms with Crippen LogP contribution in [0, 0.1) is 0 Å². The third kappa shape index (κ3) is 4.83. The molecule has 1 fully saturated rings. The van der Waals surface area contributed by atoms with Crippen LogP contribution in [0.3, 0.4) is 0 Å². The summed E-state index contributed by atoms with van der Waals surface area (Å²) in [6.07, 6.45) is 1.66. The van der Waals surface area contributed by atoms with E-state index in [1.165, 1.54) is 0 Å². The highest BCUT2D eigenvalue weighted by Crippen LogP contribution is 2.19. The van der Waals surface area contributed by atoms with Gasteiger partial charge in [-0.05, 0) is 48.5 Å². The van der Waals surface area contributed by atoms with Gasteiger partial charge in [0.15, 0.2) is 0 Å². The summed E-state index contributed by atoms with van der Waals surface area (Å²) in [7, 11) is 1.60. The van der Waals surface area contributed by atoms with Crippen LogP contribution in [0.1, 0.15) is 20.7 Å². The molecular weight excluding hydrogens is 392 g/mol. The highest BCUT2D eigenvalue weighted by Gasteiger charge is 2.23. The summed E-state index contributed by atoms with van der Waals surface area (Å²) in [5.74, 6) is 1.42. The van der Waals surface area contributed by atoms with Crippen molar-refractivity contribution in [3.8, 4) is 5.75 Å². The number of nitrogens with one attached hydrogen (secondary N) is 1. The Kier molecular flexibility index (Phi) is 6.12. The van der Waals surface area contributed by atoms with Gasteiger partial charge in [-0.3, -0.25) is 9.59 Å². The van der Waals surface area contributed by atoms with E-state index in [-0.39, 0.29) is 11.8 Å². The Hall–Kier alpha value is -3.87. The lowest BCUT2D eigenvalue weighted by atomic mass is 10.1. The first-order valence-electron chi connectivity index (χ1n) is 10.1. The van der Waals surface area contributed by atoms with E-state index < -0.39 is 0 Å². The van der Waals surface area contributed by atoms with Crippen molar-refractivity contribution < 1.29 is 14.3 Å². The number of benzene rings is 2. The SMILES string of the molecule is COc1ccc(C(=O)N2CCN(c3ccc(NC(=O)c4ccccc4)cn3)CC2)cc1. The second-order valence-electron chi connectivity index (χ2n) is 7.23. The maximum absolute atomic E-state index is 12.7. The van der Waals surface area contributed by atoms with E-state index in [0.29, 0.717) is 43.0 Å². The average molecular weight is 416 g/mol. The molecule has 1 aliphatic heterocycles. The van der Waals surface area contributed by atoms with Crippen LogP contribution in [0.25, 0.3) is 0 Å². The molecule has 0 aliphatic carbocycles. The predicted octanol–water partition coefficient (Wildman–Crippen LogP) is 3.30. The molecule has 0 saturated carbocycles. The number of nitrogens with zero attached hydrogens (tertiary/aromatic N) is 3. The van der Waals surface area contributed by atoms with Crippen LogP contribution in [0.5, 0.6) is 5.75 Å². The summed E-state index contributed by atoms with van der Waals surface area (Å²) in [6.45, 7) is 2.65. The topological polar surface area (TPSA) is 74.8 Å². The summed E-state index contributed by atoms with van der Waals surface area (Å²) in [6, 6.07) is 20.0. The maximum atomic E-state index is 12.7. The summed E-state index contributed by atoms with van der Waals surface area (Å²) in [5.41, 5.74) is 1.90. The van der Waals surface area contributed by atoms with E-state index in [4.69, 9.17) is 4.74 Å². The molecule has 0 spiro atoms. The van der Waals surface area contributed by atoms with Gasteiger partial charge in [-0.25, -0.2) is 4.98 Å². The minimum absolute atomic E-state index is 0.0224. The van der Waals surface area contributed by atoms with E-state index in [2.05, 4.69) is 15.2 Å². The zero-order chi connectivity index (χ0) is 21.6. The molecule has 1 saturated heterocycles. The van der Waals surface area contributed by atoms with Gasteiger partial charge in [0, 0.05) is 37.3 Å². The first kappa shape index (κ1) is 20.4. The summed E-state index contributed by atoms with van der Waals surface area (Å²) >= 11 is 0. The Balaban J connectivity index is 1.32. The molecule has 158 valence electrons. The molecular formula is C24H24N4O3. The zero-order valence-corrected chi connectivity index (χ0v) is 17.3. The van der Waals surface area contributed by atoms with Crippen molar-refractivity contribution in [2.45, 2.75) is 0 Å². The number of rotatable bonds is 5. The van der Waals surface area contributed by atoms with Crippen LogP contribution in [-0.2, 0) is 0 Å². The molecule has 1 N–H and O–H groups in total. The molecule has 4 rings (SSSR count). The van der Waals surface area contributed by atoms with Gasteiger partial charge in [0.25, 0.3) is 11.8 Å². The fraction of sp³-hybridized carbons (Fsp3) is 0.208. The first-order chi connectivity index (χ1) is 15.1. The van der Waals surface area contributed by atoms with Gasteiger partial charge >= 0.3 is 0 Å². The van der Waals surface area contributed by atoms with E-state index in [0.717, 1.165) is 11.6 Å². The van der Waals surface area contributed by atoms with E-state index >= 15 is 0 Å². The standard InChI is InChI=1S/C24H24N4O3/c1-31-21-10-7-19(8-11-21)24(30)28-15-13-27(14-16-28)22-12-9-20(17-25-22)26-23(29)18-5-3-2-4-6-18/h2-12,17H,13-16H2,1H3,(H,26,29). The number of carbonyl (C=O) groups is 2. The van der Waals surface area contributed by atoms with Gasteiger partial charge in [0.2, 0.25) is 0 Å². The van der Waals surface area contributed by atoms with Gasteiger partial charge in [-0.1, -0.05) is 18.2 Å². The quantitative estimate of drug-likeness (QED) is 0.691. The Morgan fingerprint density at radius 1 is 0.871 bits per heavy atom. The van der Waals surface area contributed by atoms with E-state index in [1.54, 1.807) is 49.7 Å². The van der Waals surface area contributed by atoms with Gasteiger partial charge in [-0.15, -0.1) is 0 Å².